The van der Waals surface area contributed by atoms with Crippen molar-refractivity contribution < 1.29 is 0 Å². The Kier molecular flexibility index (Phi) is 1.83. The maximum absolute atomic E-state index is 6.12. The summed E-state index contributed by atoms with van der Waals surface area (Å²) in [6, 6.07) is 0. The third-order valence-corrected chi connectivity index (χ3v) is 2.57. The maximum Gasteiger partial charge on any atom is 0.176 e. The fourth-order valence-corrected chi connectivity index (χ4v) is 2.18. The molecule has 1 saturated carbocycles. The minimum Gasteiger partial charge on any atom is -0.325 e. The van der Waals surface area contributed by atoms with Crippen molar-refractivity contribution in [2.24, 2.45) is 18.7 Å². The van der Waals surface area contributed by atoms with Crippen molar-refractivity contribution in [2.75, 3.05) is 0 Å². The van der Waals surface area contributed by atoms with Crippen molar-refractivity contribution in [1.82, 2.24) is 20.2 Å². The molecule has 0 amide bonds. The maximum atomic E-state index is 6.12. The van der Waals surface area contributed by atoms with E-state index in [1.807, 2.05) is 0 Å². The summed E-state index contributed by atoms with van der Waals surface area (Å²) < 4.78 is 0. The topological polar surface area (TPSA) is 69.6 Å². The number of tetrazole rings is 1. The molecule has 0 aliphatic heterocycles. The van der Waals surface area contributed by atoms with Gasteiger partial charge in [-0.05, 0) is 24.0 Å². The molecule has 1 heterocycles. The van der Waals surface area contributed by atoms with Crippen molar-refractivity contribution in [2.45, 2.75) is 31.7 Å². The molecule has 1 aliphatic rings. The molecule has 0 radical (unpaired) electrons. The van der Waals surface area contributed by atoms with Crippen LogP contribution in [-0.2, 0) is 13.5 Å². The van der Waals surface area contributed by atoms with Crippen LogP contribution < -0.4 is 5.73 Å². The van der Waals surface area contributed by atoms with E-state index in [1.54, 1.807) is 7.05 Å². The summed E-state index contributed by atoms with van der Waals surface area (Å²) in [5.41, 5.74) is 6.05. The Labute approximate surface area is 77.3 Å². The molecule has 1 aromatic rings. The number of aromatic nitrogens is 4. The fourth-order valence-electron chi connectivity index (χ4n) is 2.18. The number of aryl methyl sites for hydroxylation is 1. The lowest BCUT2D eigenvalue weighted by Gasteiger charge is -2.42. The molecule has 1 fully saturated rings. The van der Waals surface area contributed by atoms with E-state index in [0.717, 1.165) is 31.0 Å². The quantitative estimate of drug-likeness (QED) is 0.690. The van der Waals surface area contributed by atoms with Gasteiger partial charge in [0.15, 0.2) is 5.82 Å². The first-order valence-electron chi connectivity index (χ1n) is 4.59. The normalized spacial score (nSPS) is 33.0. The predicted octanol–water partition coefficient (Wildman–Crippen LogP) is -0.120. The highest BCUT2D eigenvalue weighted by atomic mass is 15.6. The Bertz CT molecular complexity index is 299. The summed E-state index contributed by atoms with van der Waals surface area (Å²) in [5, 5.41) is 11.8. The van der Waals surface area contributed by atoms with Gasteiger partial charge in [-0.15, -0.1) is 10.2 Å². The molecule has 5 heteroatoms. The van der Waals surface area contributed by atoms with Gasteiger partial charge in [-0.25, -0.2) is 0 Å². The summed E-state index contributed by atoms with van der Waals surface area (Å²) in [5.74, 6) is 1.51. The molecule has 2 rings (SSSR count). The lowest BCUT2D eigenvalue weighted by molar-refractivity contribution is 0.160. The average Bonchev–Trinajstić information content (AvgIpc) is 2.32. The van der Waals surface area contributed by atoms with Crippen LogP contribution in [0.4, 0.5) is 0 Å². The summed E-state index contributed by atoms with van der Waals surface area (Å²) >= 11 is 0. The first-order chi connectivity index (χ1) is 6.07. The standard InChI is InChI=1S/C8H15N5/c1-6-3-8(9,4-6)5-7-10-12-13(2)11-7/h6H,3-5,9H2,1-2H3. The summed E-state index contributed by atoms with van der Waals surface area (Å²) in [7, 11) is 1.77. The molecule has 1 aromatic heterocycles. The third kappa shape index (κ3) is 1.70. The summed E-state index contributed by atoms with van der Waals surface area (Å²) in [6.45, 7) is 2.22. The fraction of sp³-hybridized carbons (Fsp3) is 0.875. The smallest absolute Gasteiger partial charge is 0.176 e. The van der Waals surface area contributed by atoms with Crippen molar-refractivity contribution in [1.29, 1.82) is 0 Å². The minimum atomic E-state index is -0.0670. The molecule has 0 aromatic carbocycles. The molecule has 1 aliphatic carbocycles. The number of nitrogens with two attached hydrogens (primary N) is 1. The lowest BCUT2D eigenvalue weighted by Crippen LogP contribution is -2.52. The van der Waals surface area contributed by atoms with Crippen molar-refractivity contribution >= 4 is 0 Å². The van der Waals surface area contributed by atoms with Crippen LogP contribution in [0.1, 0.15) is 25.6 Å². The van der Waals surface area contributed by atoms with Crippen LogP contribution in [-0.4, -0.2) is 25.7 Å². The van der Waals surface area contributed by atoms with Gasteiger partial charge in [-0.2, -0.15) is 4.80 Å². The zero-order valence-electron chi connectivity index (χ0n) is 8.06. The summed E-state index contributed by atoms with van der Waals surface area (Å²) in [6.07, 6.45) is 2.90. The SMILES string of the molecule is CC1CC(N)(Cc2nnn(C)n2)C1. The minimum absolute atomic E-state index is 0.0670. The Morgan fingerprint density at radius 1 is 1.62 bits per heavy atom. The summed E-state index contributed by atoms with van der Waals surface area (Å²) in [4.78, 5) is 1.47. The number of rotatable bonds is 2. The molecule has 0 bridgehead atoms. The molecule has 72 valence electrons. The van der Waals surface area contributed by atoms with Gasteiger partial charge in [0, 0.05) is 12.0 Å². The predicted molar refractivity (Wildman–Crippen MR) is 47.8 cm³/mol. The van der Waals surface area contributed by atoms with Gasteiger partial charge < -0.3 is 5.73 Å². The van der Waals surface area contributed by atoms with Crippen LogP contribution in [0.15, 0.2) is 0 Å². The van der Waals surface area contributed by atoms with Gasteiger partial charge >= 0.3 is 0 Å². The van der Waals surface area contributed by atoms with Gasteiger partial charge in [-0.3, -0.25) is 0 Å². The second kappa shape index (κ2) is 2.77. The van der Waals surface area contributed by atoms with E-state index >= 15 is 0 Å². The highest BCUT2D eigenvalue weighted by Gasteiger charge is 2.39. The molecule has 0 spiro atoms. The monoisotopic (exact) mass is 181 g/mol. The zero-order valence-corrected chi connectivity index (χ0v) is 8.06. The highest BCUT2D eigenvalue weighted by molar-refractivity contribution is 5.02. The van der Waals surface area contributed by atoms with E-state index in [0.29, 0.717) is 0 Å². The van der Waals surface area contributed by atoms with Crippen LogP contribution in [0.2, 0.25) is 0 Å². The molecule has 5 nitrogen and oxygen atoms in total. The average molecular weight is 181 g/mol. The van der Waals surface area contributed by atoms with Crippen LogP contribution >= 0.6 is 0 Å². The van der Waals surface area contributed by atoms with Crippen LogP contribution in [0.25, 0.3) is 0 Å². The van der Waals surface area contributed by atoms with E-state index in [1.165, 1.54) is 4.80 Å². The molecule has 13 heavy (non-hydrogen) atoms. The molecule has 0 saturated heterocycles. The number of nitrogens with zero attached hydrogens (tertiary/aromatic N) is 4. The third-order valence-electron chi connectivity index (χ3n) is 2.57. The Hall–Kier alpha value is -0.970. The van der Waals surface area contributed by atoms with Gasteiger partial charge in [0.05, 0.1) is 7.05 Å². The van der Waals surface area contributed by atoms with Gasteiger partial charge in [-0.1, -0.05) is 6.92 Å². The van der Waals surface area contributed by atoms with Crippen LogP contribution in [0.3, 0.4) is 0 Å². The molecule has 0 atom stereocenters. The van der Waals surface area contributed by atoms with Crippen LogP contribution in [0.5, 0.6) is 0 Å². The first-order valence-corrected chi connectivity index (χ1v) is 4.59. The largest absolute Gasteiger partial charge is 0.325 e. The molecular formula is C8H15N5. The zero-order chi connectivity index (χ0) is 9.47. The lowest BCUT2D eigenvalue weighted by atomic mass is 9.68. The van der Waals surface area contributed by atoms with Crippen molar-refractivity contribution in [3.05, 3.63) is 5.82 Å². The number of hydrogen-bond acceptors (Lipinski definition) is 4. The van der Waals surface area contributed by atoms with E-state index in [2.05, 4.69) is 22.3 Å². The van der Waals surface area contributed by atoms with Crippen LogP contribution in [0, 0.1) is 5.92 Å². The van der Waals surface area contributed by atoms with E-state index in [9.17, 15) is 0 Å². The van der Waals surface area contributed by atoms with E-state index in [4.69, 9.17) is 5.73 Å². The Balaban J connectivity index is 1.99. The highest BCUT2D eigenvalue weighted by Crippen LogP contribution is 2.36. The van der Waals surface area contributed by atoms with Gasteiger partial charge in [0.25, 0.3) is 0 Å². The van der Waals surface area contributed by atoms with Crippen molar-refractivity contribution in [3.63, 3.8) is 0 Å². The van der Waals surface area contributed by atoms with Gasteiger partial charge in [0.1, 0.15) is 0 Å². The Morgan fingerprint density at radius 3 is 2.77 bits per heavy atom. The van der Waals surface area contributed by atoms with E-state index in [-0.39, 0.29) is 5.54 Å². The number of hydrogen-bond donors (Lipinski definition) is 1. The second-order valence-electron chi connectivity index (χ2n) is 4.25. The van der Waals surface area contributed by atoms with Crippen molar-refractivity contribution in [3.8, 4) is 0 Å². The molecular weight excluding hydrogens is 166 g/mol. The molecule has 0 unspecified atom stereocenters. The van der Waals surface area contributed by atoms with Gasteiger partial charge in [0.2, 0.25) is 0 Å². The van der Waals surface area contributed by atoms with E-state index < -0.39 is 0 Å². The Morgan fingerprint density at radius 2 is 2.31 bits per heavy atom. The first kappa shape index (κ1) is 8.62. The second-order valence-corrected chi connectivity index (χ2v) is 4.25. The molecule has 2 N–H and O–H groups in total.